The summed E-state index contributed by atoms with van der Waals surface area (Å²) in [4.78, 5) is 15.6. The lowest BCUT2D eigenvalue weighted by atomic mass is 10.1. The van der Waals surface area contributed by atoms with Crippen LogP contribution in [0.2, 0.25) is 0 Å². The van der Waals surface area contributed by atoms with Crippen molar-refractivity contribution in [3.05, 3.63) is 29.3 Å². The number of methoxy groups -OCH3 is 1. The highest BCUT2D eigenvalue weighted by Gasteiger charge is 2.19. The van der Waals surface area contributed by atoms with Crippen molar-refractivity contribution < 1.29 is 14.4 Å². The third-order valence-corrected chi connectivity index (χ3v) is 2.70. The van der Waals surface area contributed by atoms with Crippen LogP contribution < -0.4 is 10.1 Å². The van der Waals surface area contributed by atoms with Crippen LogP contribution in [-0.4, -0.2) is 26.0 Å². The molecule has 0 unspecified atom stereocenters. The molecule has 0 heterocycles. The number of hydrogen-bond acceptors (Lipinski definition) is 4. The zero-order valence-electron chi connectivity index (χ0n) is 9.82. The molecule has 1 N–H and O–H groups in total. The van der Waals surface area contributed by atoms with Gasteiger partial charge < -0.3 is 10.1 Å². The van der Waals surface area contributed by atoms with Crippen molar-refractivity contribution in [3.8, 4) is 5.75 Å². The summed E-state index contributed by atoms with van der Waals surface area (Å²) in [5.74, 6) is 0.831. The van der Waals surface area contributed by atoms with Gasteiger partial charge >= 0.3 is 6.09 Å². The van der Waals surface area contributed by atoms with E-state index in [9.17, 15) is 4.79 Å². The maximum Gasteiger partial charge on any atom is 0.433 e. The van der Waals surface area contributed by atoms with Gasteiger partial charge in [-0.15, -0.1) is 0 Å². The molecule has 0 aromatic heterocycles. The molecule has 1 aromatic carbocycles. The van der Waals surface area contributed by atoms with E-state index in [4.69, 9.17) is 9.57 Å². The number of amides is 1. The summed E-state index contributed by atoms with van der Waals surface area (Å²) >= 11 is 0. The molecular formula is C12H14N2O3. The Morgan fingerprint density at radius 3 is 2.94 bits per heavy atom. The number of nitrogens with zero attached hydrogens (tertiary/aromatic N) is 1. The van der Waals surface area contributed by atoms with Crippen molar-refractivity contribution in [2.75, 3.05) is 14.2 Å². The van der Waals surface area contributed by atoms with Crippen LogP contribution >= 0.6 is 0 Å². The number of fused-ring (bicyclic) bond motifs is 1. The molecule has 90 valence electrons. The number of hydrogen-bond donors (Lipinski definition) is 1. The second kappa shape index (κ2) is 4.86. The molecular weight excluding hydrogens is 220 g/mol. The Kier molecular flexibility index (Phi) is 3.27. The van der Waals surface area contributed by atoms with Crippen LogP contribution in [0.5, 0.6) is 5.75 Å². The molecule has 1 aliphatic carbocycles. The van der Waals surface area contributed by atoms with Gasteiger partial charge in [0.2, 0.25) is 0 Å². The van der Waals surface area contributed by atoms with Gasteiger partial charge in [-0.25, -0.2) is 4.79 Å². The molecule has 0 saturated heterocycles. The molecule has 0 spiro atoms. The molecule has 1 aliphatic rings. The summed E-state index contributed by atoms with van der Waals surface area (Å²) in [7, 11) is 3.14. The summed E-state index contributed by atoms with van der Waals surface area (Å²) in [5, 5.41) is 6.20. The zero-order valence-corrected chi connectivity index (χ0v) is 9.82. The number of carbonyl (C=O) groups is 1. The average Bonchev–Trinajstić information content (AvgIpc) is 2.77. The number of aryl methyl sites for hydroxylation is 1. The number of benzene rings is 1. The lowest BCUT2D eigenvalue weighted by Crippen LogP contribution is -2.17. The van der Waals surface area contributed by atoms with E-state index in [-0.39, 0.29) is 0 Å². The second-order valence-electron chi connectivity index (χ2n) is 3.69. The van der Waals surface area contributed by atoms with Gasteiger partial charge in [-0.2, -0.15) is 0 Å². The first-order valence-corrected chi connectivity index (χ1v) is 5.37. The van der Waals surface area contributed by atoms with E-state index in [0.29, 0.717) is 0 Å². The number of nitrogens with one attached hydrogen (secondary N) is 1. The van der Waals surface area contributed by atoms with Gasteiger partial charge in [0.25, 0.3) is 0 Å². The average molecular weight is 234 g/mol. The quantitative estimate of drug-likeness (QED) is 0.626. The van der Waals surface area contributed by atoms with Crippen molar-refractivity contribution in [2.24, 2.45) is 5.16 Å². The number of carbonyl (C=O) groups excluding carboxylic acids is 1. The Balaban J connectivity index is 2.19. The predicted molar refractivity (Wildman–Crippen MR) is 63.4 cm³/mol. The molecule has 0 fully saturated rings. The fourth-order valence-electron chi connectivity index (χ4n) is 1.81. The van der Waals surface area contributed by atoms with Gasteiger partial charge in [-0.1, -0.05) is 5.16 Å². The monoisotopic (exact) mass is 234 g/mol. The molecule has 1 aromatic rings. The van der Waals surface area contributed by atoms with Crippen LogP contribution in [-0.2, 0) is 11.3 Å². The van der Waals surface area contributed by atoms with E-state index in [1.807, 2.05) is 18.2 Å². The predicted octanol–water partition coefficient (Wildman–Crippen LogP) is 1.70. The Hall–Kier alpha value is -2.04. The van der Waals surface area contributed by atoms with Gasteiger partial charge in [0.15, 0.2) is 0 Å². The minimum atomic E-state index is -0.556. The molecule has 0 saturated carbocycles. The standard InChI is InChI=1S/C12H14N2O3/c1-13-12(15)17-14-11-6-3-8-7-9(16-2)4-5-10(8)11/h4-5,7H,3,6H2,1-2H3,(H,13,15)/b14-11-. The minimum Gasteiger partial charge on any atom is -0.497 e. The highest BCUT2D eigenvalue weighted by molar-refractivity contribution is 6.04. The summed E-state index contributed by atoms with van der Waals surface area (Å²) < 4.78 is 5.16. The Morgan fingerprint density at radius 1 is 1.41 bits per heavy atom. The molecule has 1 amide bonds. The molecule has 0 radical (unpaired) electrons. The van der Waals surface area contributed by atoms with Crippen LogP contribution in [0.3, 0.4) is 0 Å². The third-order valence-electron chi connectivity index (χ3n) is 2.70. The van der Waals surface area contributed by atoms with Crippen molar-refractivity contribution in [1.82, 2.24) is 5.32 Å². The number of ether oxygens (including phenoxy) is 1. The van der Waals surface area contributed by atoms with E-state index in [0.717, 1.165) is 29.9 Å². The van der Waals surface area contributed by atoms with Crippen LogP contribution in [0.15, 0.2) is 23.4 Å². The van der Waals surface area contributed by atoms with E-state index in [1.54, 1.807) is 7.11 Å². The summed E-state index contributed by atoms with van der Waals surface area (Å²) in [5.41, 5.74) is 2.99. The lowest BCUT2D eigenvalue weighted by Gasteiger charge is -2.03. The third kappa shape index (κ3) is 2.38. The number of oxime groups is 1. The van der Waals surface area contributed by atoms with Gasteiger partial charge in [-0.3, -0.25) is 4.84 Å². The molecule has 2 rings (SSSR count). The molecule has 0 atom stereocenters. The van der Waals surface area contributed by atoms with Crippen LogP contribution in [0.1, 0.15) is 17.5 Å². The summed E-state index contributed by atoms with van der Waals surface area (Å²) in [6, 6.07) is 5.80. The van der Waals surface area contributed by atoms with Gasteiger partial charge in [0, 0.05) is 12.6 Å². The summed E-state index contributed by atoms with van der Waals surface area (Å²) in [6.45, 7) is 0. The van der Waals surface area contributed by atoms with Crippen LogP contribution in [0, 0.1) is 0 Å². The van der Waals surface area contributed by atoms with Crippen molar-refractivity contribution in [3.63, 3.8) is 0 Å². The van der Waals surface area contributed by atoms with E-state index < -0.39 is 6.09 Å². The molecule has 5 nitrogen and oxygen atoms in total. The van der Waals surface area contributed by atoms with Gasteiger partial charge in [0.05, 0.1) is 12.8 Å². The number of rotatable bonds is 2. The first kappa shape index (κ1) is 11.4. The maximum atomic E-state index is 10.9. The Morgan fingerprint density at radius 2 is 2.24 bits per heavy atom. The van der Waals surface area contributed by atoms with Crippen LogP contribution in [0.25, 0.3) is 0 Å². The van der Waals surface area contributed by atoms with Crippen LogP contribution in [0.4, 0.5) is 4.79 Å². The molecule has 0 bridgehead atoms. The summed E-state index contributed by atoms with van der Waals surface area (Å²) in [6.07, 6.45) is 1.11. The Bertz CT molecular complexity index is 469. The smallest absolute Gasteiger partial charge is 0.433 e. The first-order valence-electron chi connectivity index (χ1n) is 5.37. The van der Waals surface area contributed by atoms with Crippen molar-refractivity contribution in [1.29, 1.82) is 0 Å². The van der Waals surface area contributed by atoms with Crippen molar-refractivity contribution in [2.45, 2.75) is 12.8 Å². The SMILES string of the molecule is CNC(=O)O/N=C1/CCc2cc(OC)ccc21. The second-order valence-corrected chi connectivity index (χ2v) is 3.69. The fraction of sp³-hybridized carbons (Fsp3) is 0.333. The van der Waals surface area contributed by atoms with E-state index in [1.165, 1.54) is 12.6 Å². The highest BCUT2D eigenvalue weighted by Crippen LogP contribution is 2.26. The first-order chi connectivity index (χ1) is 8.24. The zero-order chi connectivity index (χ0) is 12.3. The topological polar surface area (TPSA) is 59.9 Å². The maximum absolute atomic E-state index is 10.9. The van der Waals surface area contributed by atoms with Gasteiger partial charge in [-0.05, 0) is 36.6 Å². The molecule has 0 aliphatic heterocycles. The fourth-order valence-corrected chi connectivity index (χ4v) is 1.81. The Labute approximate surface area is 99.4 Å². The van der Waals surface area contributed by atoms with E-state index >= 15 is 0 Å². The molecule has 17 heavy (non-hydrogen) atoms. The van der Waals surface area contributed by atoms with E-state index in [2.05, 4.69) is 10.5 Å². The van der Waals surface area contributed by atoms with Gasteiger partial charge in [0.1, 0.15) is 5.75 Å². The minimum absolute atomic E-state index is 0.556. The molecule has 5 heteroatoms. The van der Waals surface area contributed by atoms with Crippen molar-refractivity contribution >= 4 is 11.8 Å². The normalized spacial score (nSPS) is 15.5. The largest absolute Gasteiger partial charge is 0.497 e. The highest BCUT2D eigenvalue weighted by atomic mass is 16.7. The lowest BCUT2D eigenvalue weighted by molar-refractivity contribution is 0.153.